The molecule has 0 aliphatic rings. The molecule has 0 aliphatic heterocycles. The summed E-state index contributed by atoms with van der Waals surface area (Å²) in [7, 11) is 4.09. The van der Waals surface area contributed by atoms with Crippen molar-refractivity contribution in [2.45, 2.75) is 0 Å². The summed E-state index contributed by atoms with van der Waals surface area (Å²) in [4.78, 5) is 18.8. The molecule has 0 unspecified atom stereocenters. The fraction of sp³-hybridized carbons (Fsp3) is 0.375. The summed E-state index contributed by atoms with van der Waals surface area (Å²) in [6.07, 6.45) is 1.29. The Morgan fingerprint density at radius 1 is 1.29 bits per heavy atom. The molecule has 6 heteroatoms. The maximum atomic E-state index is 11.2. The lowest BCUT2D eigenvalue weighted by molar-refractivity contribution is 0.0595. The monoisotopic (exact) mass is 198 g/mol. The molecule has 0 radical (unpaired) electrons. The molecule has 0 aliphatic carbocycles. The summed E-state index contributed by atoms with van der Waals surface area (Å²) in [5.41, 5.74) is 0.163. The average molecular weight is 198 g/mol. The highest BCUT2D eigenvalue weighted by molar-refractivity contribution is 5.91. The van der Waals surface area contributed by atoms with Gasteiger partial charge in [0.25, 0.3) is 0 Å². The number of methoxy groups -OCH3 is 3. The summed E-state index contributed by atoms with van der Waals surface area (Å²) in [6.45, 7) is 0. The molecule has 1 heterocycles. The first-order chi connectivity index (χ1) is 6.72. The molecule has 14 heavy (non-hydrogen) atoms. The molecule has 0 N–H and O–H groups in total. The third-order valence-corrected chi connectivity index (χ3v) is 1.51. The first-order valence-electron chi connectivity index (χ1n) is 3.76. The molecule has 0 saturated carbocycles. The van der Waals surface area contributed by atoms with Crippen molar-refractivity contribution in [3.63, 3.8) is 0 Å². The Morgan fingerprint density at radius 3 is 2.50 bits per heavy atom. The topological polar surface area (TPSA) is 70.5 Å². The number of carbonyl (C=O) groups excluding carboxylic acids is 1. The second kappa shape index (κ2) is 4.40. The Morgan fingerprint density at radius 2 is 2.00 bits per heavy atom. The highest BCUT2D eigenvalue weighted by Gasteiger charge is 2.15. The molecular formula is C8H10N2O4. The zero-order chi connectivity index (χ0) is 10.6. The largest absolute Gasteiger partial charge is 0.480 e. The number of ether oxygens (including phenoxy) is 3. The molecule has 0 spiro atoms. The molecule has 0 fully saturated rings. The summed E-state index contributed by atoms with van der Waals surface area (Å²) < 4.78 is 14.2. The number of nitrogens with zero attached hydrogens (tertiary/aromatic N) is 2. The normalized spacial score (nSPS) is 9.36. The second-order valence-electron chi connectivity index (χ2n) is 2.27. The molecule has 0 atom stereocenters. The number of hydrogen-bond donors (Lipinski definition) is 0. The summed E-state index contributed by atoms with van der Waals surface area (Å²) in [6, 6.07) is 0.134. The lowest BCUT2D eigenvalue weighted by Crippen LogP contribution is -2.07. The molecule has 6 nitrogen and oxygen atoms in total. The van der Waals surface area contributed by atoms with E-state index < -0.39 is 5.97 Å². The quantitative estimate of drug-likeness (QED) is 0.649. The van der Waals surface area contributed by atoms with Gasteiger partial charge in [-0.2, -0.15) is 4.98 Å². The highest BCUT2D eigenvalue weighted by Crippen LogP contribution is 2.17. The van der Waals surface area contributed by atoms with Crippen molar-refractivity contribution in [2.24, 2.45) is 0 Å². The van der Waals surface area contributed by atoms with E-state index in [2.05, 4.69) is 14.7 Å². The van der Waals surface area contributed by atoms with Crippen molar-refractivity contribution >= 4 is 5.97 Å². The van der Waals surface area contributed by atoms with E-state index in [1.165, 1.54) is 27.5 Å². The van der Waals surface area contributed by atoms with E-state index in [1.807, 2.05) is 0 Å². The summed E-state index contributed by atoms with van der Waals surface area (Å²) >= 11 is 0. The Kier molecular flexibility index (Phi) is 3.22. The lowest BCUT2D eigenvalue weighted by Gasteiger charge is -2.05. The molecule has 76 valence electrons. The van der Waals surface area contributed by atoms with Crippen molar-refractivity contribution in [3.05, 3.63) is 11.8 Å². The fourth-order valence-corrected chi connectivity index (χ4v) is 0.855. The Balaban J connectivity index is 3.11. The predicted molar refractivity (Wildman–Crippen MR) is 46.5 cm³/mol. The van der Waals surface area contributed by atoms with E-state index in [0.29, 0.717) is 0 Å². The Bertz CT molecular complexity index is 340. The second-order valence-corrected chi connectivity index (χ2v) is 2.27. The number of rotatable bonds is 3. The lowest BCUT2D eigenvalue weighted by atomic mass is 10.3. The minimum Gasteiger partial charge on any atom is -0.480 e. The van der Waals surface area contributed by atoms with E-state index in [9.17, 15) is 4.79 Å². The van der Waals surface area contributed by atoms with Gasteiger partial charge in [-0.3, -0.25) is 0 Å². The zero-order valence-corrected chi connectivity index (χ0v) is 8.10. The van der Waals surface area contributed by atoms with Gasteiger partial charge in [0.1, 0.15) is 5.56 Å². The van der Waals surface area contributed by atoms with Crippen molar-refractivity contribution in [1.82, 2.24) is 9.97 Å². The minimum atomic E-state index is -0.551. The van der Waals surface area contributed by atoms with Gasteiger partial charge in [-0.15, -0.1) is 0 Å². The molecule has 0 aromatic carbocycles. The molecule has 0 amide bonds. The molecule has 1 aromatic heterocycles. The first kappa shape index (κ1) is 10.2. The first-order valence-corrected chi connectivity index (χ1v) is 3.76. The molecule has 1 aromatic rings. The maximum absolute atomic E-state index is 11.2. The van der Waals surface area contributed by atoms with E-state index in [1.54, 1.807) is 0 Å². The van der Waals surface area contributed by atoms with Crippen LogP contribution in [0.1, 0.15) is 10.4 Å². The average Bonchev–Trinajstić information content (AvgIpc) is 2.27. The number of aromatic nitrogens is 2. The smallest absolute Gasteiger partial charge is 0.344 e. The SMILES string of the molecule is COC(=O)c1cnc(OC)nc1OC. The van der Waals surface area contributed by atoms with Crippen molar-refractivity contribution in [3.8, 4) is 11.9 Å². The van der Waals surface area contributed by atoms with Crippen LogP contribution < -0.4 is 9.47 Å². The molecule has 0 saturated heterocycles. The van der Waals surface area contributed by atoms with Gasteiger partial charge in [-0.05, 0) is 0 Å². The van der Waals surface area contributed by atoms with Crippen molar-refractivity contribution in [2.75, 3.05) is 21.3 Å². The number of carbonyl (C=O) groups is 1. The van der Waals surface area contributed by atoms with Gasteiger partial charge in [0.2, 0.25) is 5.88 Å². The van der Waals surface area contributed by atoms with Crippen LogP contribution in [0.5, 0.6) is 11.9 Å². The third kappa shape index (κ3) is 1.90. The molecule has 0 bridgehead atoms. The van der Waals surface area contributed by atoms with Crippen LogP contribution in [0.15, 0.2) is 6.20 Å². The van der Waals surface area contributed by atoms with Crippen LogP contribution >= 0.6 is 0 Å². The van der Waals surface area contributed by atoms with Gasteiger partial charge in [0.05, 0.1) is 27.5 Å². The van der Waals surface area contributed by atoms with Crippen LogP contribution in [0, 0.1) is 0 Å². The van der Waals surface area contributed by atoms with Crippen LogP contribution in [-0.2, 0) is 4.74 Å². The van der Waals surface area contributed by atoms with Crippen LogP contribution in [0.25, 0.3) is 0 Å². The van der Waals surface area contributed by atoms with Gasteiger partial charge in [-0.1, -0.05) is 0 Å². The van der Waals surface area contributed by atoms with Crippen molar-refractivity contribution < 1.29 is 19.0 Å². The summed E-state index contributed by atoms with van der Waals surface area (Å²) in [5, 5.41) is 0. The van der Waals surface area contributed by atoms with Crippen LogP contribution in [0.3, 0.4) is 0 Å². The van der Waals surface area contributed by atoms with Gasteiger partial charge in [-0.25, -0.2) is 9.78 Å². The third-order valence-electron chi connectivity index (χ3n) is 1.51. The van der Waals surface area contributed by atoms with E-state index in [0.717, 1.165) is 0 Å². The van der Waals surface area contributed by atoms with Gasteiger partial charge in [0.15, 0.2) is 0 Å². The van der Waals surface area contributed by atoms with E-state index in [4.69, 9.17) is 9.47 Å². The maximum Gasteiger partial charge on any atom is 0.344 e. The Labute approximate surface area is 80.8 Å². The minimum absolute atomic E-state index is 0.128. The predicted octanol–water partition coefficient (Wildman–Crippen LogP) is 0.280. The van der Waals surface area contributed by atoms with E-state index >= 15 is 0 Å². The van der Waals surface area contributed by atoms with Crippen LogP contribution in [0.2, 0.25) is 0 Å². The Hall–Kier alpha value is -1.85. The van der Waals surface area contributed by atoms with Crippen molar-refractivity contribution in [1.29, 1.82) is 0 Å². The standard InChI is InChI=1S/C8H10N2O4/c1-12-6-5(7(11)13-2)4-9-8(10-6)14-3/h4H,1-3H3. The zero-order valence-electron chi connectivity index (χ0n) is 8.10. The fourth-order valence-electron chi connectivity index (χ4n) is 0.855. The number of esters is 1. The van der Waals surface area contributed by atoms with Gasteiger partial charge < -0.3 is 14.2 Å². The summed E-state index contributed by atoms with van der Waals surface area (Å²) in [5.74, 6) is -0.423. The van der Waals surface area contributed by atoms with Gasteiger partial charge >= 0.3 is 12.0 Å². The molecular weight excluding hydrogens is 188 g/mol. The van der Waals surface area contributed by atoms with E-state index in [-0.39, 0.29) is 17.5 Å². The van der Waals surface area contributed by atoms with Gasteiger partial charge in [0, 0.05) is 0 Å². The van der Waals surface area contributed by atoms with Crippen LogP contribution in [-0.4, -0.2) is 37.3 Å². The number of hydrogen-bond acceptors (Lipinski definition) is 6. The highest BCUT2D eigenvalue weighted by atomic mass is 16.5. The molecule has 1 rings (SSSR count). The van der Waals surface area contributed by atoms with Crippen LogP contribution in [0.4, 0.5) is 0 Å².